The van der Waals surface area contributed by atoms with Crippen LogP contribution < -0.4 is 5.32 Å². The lowest BCUT2D eigenvalue weighted by atomic mass is 9.75. The molecule has 2 rings (SSSR count). The van der Waals surface area contributed by atoms with E-state index < -0.39 is 24.5 Å². The van der Waals surface area contributed by atoms with Gasteiger partial charge in [-0.15, -0.1) is 0 Å². The minimum Gasteiger partial charge on any atom is -0.460 e. The Balaban J connectivity index is 1.84. The van der Waals surface area contributed by atoms with Gasteiger partial charge in [0.25, 0.3) is 0 Å². The van der Waals surface area contributed by atoms with Gasteiger partial charge in [-0.25, -0.2) is 9.59 Å². The third-order valence-electron chi connectivity index (χ3n) is 5.21. The highest BCUT2D eigenvalue weighted by molar-refractivity contribution is 5.94. The average molecular weight is 400 g/mol. The van der Waals surface area contributed by atoms with Crippen molar-refractivity contribution >= 4 is 23.5 Å². The van der Waals surface area contributed by atoms with Gasteiger partial charge in [-0.2, -0.15) is 5.26 Å². The number of hydrogen-bond donors (Lipinski definition) is 1. The van der Waals surface area contributed by atoms with Crippen LogP contribution in [-0.2, 0) is 19.1 Å². The Bertz CT molecular complexity index is 766. The molecule has 0 saturated heterocycles. The topological polar surface area (TPSA) is 105 Å². The van der Waals surface area contributed by atoms with Gasteiger partial charge in [-0.05, 0) is 54.9 Å². The van der Waals surface area contributed by atoms with Crippen LogP contribution in [0.4, 0.5) is 5.69 Å². The number of nitrogens with zero attached hydrogens (tertiary/aromatic N) is 1. The van der Waals surface area contributed by atoms with Crippen molar-refractivity contribution in [3.63, 3.8) is 0 Å². The summed E-state index contributed by atoms with van der Waals surface area (Å²) < 4.78 is 10.7. The van der Waals surface area contributed by atoms with Crippen LogP contribution in [0.5, 0.6) is 0 Å². The van der Waals surface area contributed by atoms with Crippen molar-refractivity contribution in [2.75, 3.05) is 11.9 Å². The molecule has 156 valence electrons. The molecular weight excluding hydrogens is 372 g/mol. The number of rotatable bonds is 7. The van der Waals surface area contributed by atoms with E-state index in [-0.39, 0.29) is 18.1 Å². The quantitative estimate of drug-likeness (QED) is 0.700. The van der Waals surface area contributed by atoms with E-state index in [9.17, 15) is 14.4 Å². The minimum absolute atomic E-state index is 0.138. The van der Waals surface area contributed by atoms with E-state index in [4.69, 9.17) is 14.7 Å². The van der Waals surface area contributed by atoms with Crippen LogP contribution in [-0.4, -0.2) is 30.6 Å². The van der Waals surface area contributed by atoms with Crippen molar-refractivity contribution in [3.8, 4) is 6.07 Å². The fourth-order valence-electron chi connectivity index (χ4n) is 3.63. The van der Waals surface area contributed by atoms with Crippen LogP contribution in [0, 0.1) is 29.1 Å². The third kappa shape index (κ3) is 6.90. The monoisotopic (exact) mass is 400 g/mol. The van der Waals surface area contributed by atoms with Gasteiger partial charge < -0.3 is 14.8 Å². The summed E-state index contributed by atoms with van der Waals surface area (Å²) in [7, 11) is 0. The highest BCUT2D eigenvalue weighted by atomic mass is 16.6. The van der Waals surface area contributed by atoms with E-state index in [1.54, 1.807) is 6.07 Å². The Morgan fingerprint density at radius 2 is 1.90 bits per heavy atom. The molecular formula is C22H28N2O5. The largest absolute Gasteiger partial charge is 0.460 e. The molecule has 0 aliphatic heterocycles. The molecule has 1 fully saturated rings. The summed E-state index contributed by atoms with van der Waals surface area (Å²) in [6, 6.07) is 7.77. The fourth-order valence-corrected chi connectivity index (χ4v) is 3.63. The lowest BCUT2D eigenvalue weighted by Crippen LogP contribution is -2.36. The van der Waals surface area contributed by atoms with Gasteiger partial charge in [0.1, 0.15) is 12.5 Å². The van der Waals surface area contributed by atoms with E-state index in [0.29, 0.717) is 23.4 Å². The number of benzene rings is 1. The Morgan fingerprint density at radius 1 is 1.21 bits per heavy atom. The number of carbonyl (C=O) groups excluding carboxylic acids is 3. The number of anilines is 1. The van der Waals surface area contributed by atoms with Crippen molar-refractivity contribution in [2.45, 2.75) is 52.6 Å². The average Bonchev–Trinajstić information content (AvgIpc) is 2.66. The molecule has 3 atom stereocenters. The van der Waals surface area contributed by atoms with Gasteiger partial charge in [-0.1, -0.05) is 27.2 Å². The smallest absolute Gasteiger partial charge is 0.344 e. The molecule has 0 bridgehead atoms. The number of hydrogen-bond acceptors (Lipinski definition) is 6. The molecule has 0 aromatic heterocycles. The number of nitrogens with one attached hydrogen (secondary N) is 1. The summed E-state index contributed by atoms with van der Waals surface area (Å²) >= 11 is 0. The maximum Gasteiger partial charge on any atom is 0.344 e. The highest BCUT2D eigenvalue weighted by Crippen LogP contribution is 2.35. The van der Waals surface area contributed by atoms with E-state index >= 15 is 0 Å². The van der Waals surface area contributed by atoms with Crippen LogP contribution in [0.15, 0.2) is 24.3 Å². The van der Waals surface area contributed by atoms with E-state index in [1.165, 1.54) is 24.3 Å². The SMILES string of the molecule is CC(C)[C@@H]1CC[C@@H](C)C[C@@H]1OC(=O)COC(=O)c1ccc(NC(=O)CC#N)cc1. The number of ether oxygens (including phenoxy) is 2. The minimum atomic E-state index is -0.644. The number of carbonyl (C=O) groups is 3. The summed E-state index contributed by atoms with van der Waals surface area (Å²) in [5, 5.41) is 11.0. The summed E-state index contributed by atoms with van der Waals surface area (Å²) in [6.45, 7) is 5.99. The Morgan fingerprint density at radius 3 is 2.52 bits per heavy atom. The predicted octanol–water partition coefficient (Wildman–Crippen LogP) is 3.70. The first kappa shape index (κ1) is 22.4. The predicted molar refractivity (Wildman–Crippen MR) is 107 cm³/mol. The van der Waals surface area contributed by atoms with Gasteiger partial charge in [0.2, 0.25) is 5.91 Å². The maximum atomic E-state index is 12.2. The van der Waals surface area contributed by atoms with E-state index in [1.807, 2.05) is 0 Å². The molecule has 1 aliphatic carbocycles. The van der Waals surface area contributed by atoms with Crippen molar-refractivity contribution < 1.29 is 23.9 Å². The zero-order valence-corrected chi connectivity index (χ0v) is 17.1. The van der Waals surface area contributed by atoms with Crippen molar-refractivity contribution in [1.29, 1.82) is 5.26 Å². The fraction of sp³-hybridized carbons (Fsp3) is 0.545. The van der Waals surface area contributed by atoms with Crippen LogP contribution in [0.1, 0.15) is 56.8 Å². The van der Waals surface area contributed by atoms with Crippen molar-refractivity contribution in [1.82, 2.24) is 0 Å². The molecule has 0 spiro atoms. The molecule has 1 aromatic rings. The number of esters is 2. The Labute approximate surface area is 171 Å². The molecule has 1 aromatic carbocycles. The molecule has 0 unspecified atom stereocenters. The first-order chi connectivity index (χ1) is 13.8. The van der Waals surface area contributed by atoms with Crippen LogP contribution >= 0.6 is 0 Å². The Hall–Kier alpha value is -2.88. The Kier molecular flexibility index (Phi) is 8.20. The lowest BCUT2D eigenvalue weighted by Gasteiger charge is -2.36. The molecule has 1 amide bonds. The van der Waals surface area contributed by atoms with Crippen LogP contribution in [0.3, 0.4) is 0 Å². The zero-order valence-electron chi connectivity index (χ0n) is 17.1. The maximum absolute atomic E-state index is 12.2. The first-order valence-electron chi connectivity index (χ1n) is 9.93. The van der Waals surface area contributed by atoms with Crippen molar-refractivity contribution in [3.05, 3.63) is 29.8 Å². The van der Waals surface area contributed by atoms with E-state index in [2.05, 4.69) is 26.1 Å². The summed E-state index contributed by atoms with van der Waals surface area (Å²) in [6.07, 6.45) is 2.62. The number of amides is 1. The molecule has 0 radical (unpaired) electrons. The summed E-state index contributed by atoms with van der Waals surface area (Å²) in [5.74, 6) is -0.345. The second-order valence-corrected chi connectivity index (χ2v) is 7.89. The molecule has 1 saturated carbocycles. The van der Waals surface area contributed by atoms with Gasteiger partial charge >= 0.3 is 11.9 Å². The summed E-state index contributed by atoms with van der Waals surface area (Å²) in [5.41, 5.74) is 0.717. The molecule has 1 aliphatic rings. The van der Waals surface area contributed by atoms with Crippen LogP contribution in [0.2, 0.25) is 0 Å². The summed E-state index contributed by atoms with van der Waals surface area (Å²) in [4.78, 5) is 35.7. The first-order valence-corrected chi connectivity index (χ1v) is 9.93. The molecule has 0 heterocycles. The lowest BCUT2D eigenvalue weighted by molar-refractivity contribution is -0.159. The highest BCUT2D eigenvalue weighted by Gasteiger charge is 2.33. The molecule has 7 heteroatoms. The van der Waals surface area contributed by atoms with Gasteiger partial charge in [0, 0.05) is 5.69 Å². The second kappa shape index (κ2) is 10.6. The molecule has 7 nitrogen and oxygen atoms in total. The van der Waals surface area contributed by atoms with Crippen molar-refractivity contribution in [2.24, 2.45) is 17.8 Å². The molecule has 29 heavy (non-hydrogen) atoms. The molecule has 1 N–H and O–H groups in total. The second-order valence-electron chi connectivity index (χ2n) is 7.89. The zero-order chi connectivity index (χ0) is 21.4. The van der Waals surface area contributed by atoms with E-state index in [0.717, 1.165) is 19.3 Å². The normalized spacial score (nSPS) is 21.1. The van der Waals surface area contributed by atoms with Gasteiger partial charge in [0.15, 0.2) is 6.61 Å². The standard InChI is InChI=1S/C22H28N2O5/c1-14(2)18-9-4-15(3)12-19(18)29-21(26)13-28-22(27)16-5-7-17(8-6-16)24-20(25)10-11-23/h5-8,14-15,18-19H,4,9-10,12-13H2,1-3H3,(H,24,25)/t15-,18+,19+/m1/s1. The van der Waals surface area contributed by atoms with Gasteiger partial charge in [0.05, 0.1) is 11.6 Å². The van der Waals surface area contributed by atoms with Gasteiger partial charge in [-0.3, -0.25) is 4.79 Å². The third-order valence-corrected chi connectivity index (χ3v) is 5.21. The number of nitriles is 1. The van der Waals surface area contributed by atoms with Crippen LogP contribution in [0.25, 0.3) is 0 Å².